The molecule has 0 amide bonds. The molecule has 40 valence electrons. The molecule has 0 radical (unpaired) electrons. The summed E-state index contributed by atoms with van der Waals surface area (Å²) in [5.41, 5.74) is -0.889. The Bertz CT molecular complexity index is 86.8. The van der Waals surface area contributed by atoms with Gasteiger partial charge < -0.3 is 5.11 Å². The van der Waals surface area contributed by atoms with E-state index in [1.54, 1.807) is 6.92 Å². The van der Waals surface area contributed by atoms with Crippen molar-refractivity contribution in [3.63, 3.8) is 0 Å². The first-order valence-corrected chi connectivity index (χ1v) is 2.32. The second kappa shape index (κ2) is 1.99. The molecule has 0 saturated heterocycles. The van der Waals surface area contributed by atoms with Crippen LogP contribution in [0.25, 0.3) is 0 Å². The van der Waals surface area contributed by atoms with Gasteiger partial charge in [-0.2, -0.15) is 0 Å². The van der Waals surface area contributed by atoms with Gasteiger partial charge in [0.2, 0.25) is 0 Å². The fourth-order valence-electron chi connectivity index (χ4n) is 0.102. The summed E-state index contributed by atoms with van der Waals surface area (Å²) >= 11 is 0. The Morgan fingerprint density at radius 1 is 1.86 bits per heavy atom. The smallest absolute Gasteiger partial charge is 0.122 e. The molecular formula is C6H10O. The summed E-state index contributed by atoms with van der Waals surface area (Å²) in [5, 5.41) is 8.90. The molecule has 0 aliphatic rings. The van der Waals surface area contributed by atoms with Crippen molar-refractivity contribution in [1.82, 2.24) is 0 Å². The second-order valence-corrected chi connectivity index (χ2v) is 1.77. The van der Waals surface area contributed by atoms with E-state index in [2.05, 4.69) is 5.92 Å². The van der Waals surface area contributed by atoms with Crippen LogP contribution in [0.1, 0.15) is 20.3 Å². The van der Waals surface area contributed by atoms with Gasteiger partial charge >= 0.3 is 0 Å². The van der Waals surface area contributed by atoms with Gasteiger partial charge in [0.25, 0.3) is 0 Å². The van der Waals surface area contributed by atoms with E-state index in [0.29, 0.717) is 6.42 Å². The Morgan fingerprint density at radius 3 is 2.29 bits per heavy atom. The zero-order valence-electron chi connectivity index (χ0n) is 4.73. The van der Waals surface area contributed by atoms with Crippen molar-refractivity contribution in [2.45, 2.75) is 25.9 Å². The molecule has 0 heterocycles. The zero-order chi connectivity index (χ0) is 5.91. The SMILES string of the molecule is C#C[C@@](C)(O)CC. The summed E-state index contributed by atoms with van der Waals surface area (Å²) in [4.78, 5) is 0. The zero-order valence-corrected chi connectivity index (χ0v) is 4.73. The van der Waals surface area contributed by atoms with Gasteiger partial charge in [0, 0.05) is 0 Å². The van der Waals surface area contributed by atoms with Crippen LogP contribution in [0.4, 0.5) is 0 Å². The molecule has 0 aromatic rings. The van der Waals surface area contributed by atoms with E-state index in [1.165, 1.54) is 0 Å². The molecule has 0 aliphatic carbocycles. The average molecular weight is 98.1 g/mol. The number of hydrogen-bond donors (Lipinski definition) is 1. The van der Waals surface area contributed by atoms with Gasteiger partial charge in [-0.1, -0.05) is 12.8 Å². The highest BCUT2D eigenvalue weighted by atomic mass is 16.3. The number of terminal acetylenes is 1. The fourth-order valence-corrected chi connectivity index (χ4v) is 0.102. The predicted molar refractivity (Wildman–Crippen MR) is 29.7 cm³/mol. The molecule has 0 aromatic carbocycles. The van der Waals surface area contributed by atoms with Crippen molar-refractivity contribution in [3.05, 3.63) is 0 Å². The van der Waals surface area contributed by atoms with Crippen LogP contribution in [0.15, 0.2) is 0 Å². The predicted octanol–water partition coefficient (Wildman–Crippen LogP) is 0.781. The van der Waals surface area contributed by atoms with Crippen molar-refractivity contribution in [1.29, 1.82) is 0 Å². The molecule has 0 aromatic heterocycles. The normalized spacial score (nSPS) is 17.4. The number of rotatable bonds is 1. The lowest BCUT2D eigenvalue weighted by Gasteiger charge is -2.10. The molecule has 0 rings (SSSR count). The molecule has 0 spiro atoms. The highest BCUT2D eigenvalue weighted by Gasteiger charge is 2.10. The van der Waals surface area contributed by atoms with Crippen LogP contribution >= 0.6 is 0 Å². The van der Waals surface area contributed by atoms with E-state index in [4.69, 9.17) is 11.5 Å². The van der Waals surface area contributed by atoms with E-state index in [-0.39, 0.29) is 0 Å². The summed E-state index contributed by atoms with van der Waals surface area (Å²) in [7, 11) is 0. The lowest BCUT2D eigenvalue weighted by molar-refractivity contribution is 0.118. The van der Waals surface area contributed by atoms with Gasteiger partial charge in [0.15, 0.2) is 0 Å². The van der Waals surface area contributed by atoms with Crippen LogP contribution in [0.2, 0.25) is 0 Å². The van der Waals surface area contributed by atoms with Crippen molar-refractivity contribution in [3.8, 4) is 12.3 Å². The van der Waals surface area contributed by atoms with Gasteiger partial charge in [0.1, 0.15) is 5.60 Å². The van der Waals surface area contributed by atoms with E-state index in [0.717, 1.165) is 0 Å². The van der Waals surface area contributed by atoms with Gasteiger partial charge in [-0.25, -0.2) is 0 Å². The standard InChI is InChI=1S/C6H10O/c1-4-6(3,7)5-2/h1,7H,5H2,2-3H3/t6-/m1/s1. The summed E-state index contributed by atoms with van der Waals surface area (Å²) in [6, 6.07) is 0. The Balaban J connectivity index is 3.66. The number of hydrogen-bond acceptors (Lipinski definition) is 1. The lowest BCUT2D eigenvalue weighted by Crippen LogP contribution is -2.18. The van der Waals surface area contributed by atoms with Crippen LogP contribution in [0.5, 0.6) is 0 Å². The third-order valence-corrected chi connectivity index (χ3v) is 0.999. The molecule has 0 bridgehead atoms. The maximum absolute atomic E-state index is 8.90. The number of aliphatic hydroxyl groups is 1. The Kier molecular flexibility index (Phi) is 1.86. The third-order valence-electron chi connectivity index (χ3n) is 0.999. The topological polar surface area (TPSA) is 20.2 Å². The molecule has 1 heteroatoms. The second-order valence-electron chi connectivity index (χ2n) is 1.77. The maximum atomic E-state index is 8.90. The average Bonchev–Trinajstić information content (AvgIpc) is 1.68. The van der Waals surface area contributed by atoms with Crippen LogP contribution in [0.3, 0.4) is 0 Å². The molecule has 0 unspecified atom stereocenters. The summed E-state index contributed by atoms with van der Waals surface area (Å²) in [6.45, 7) is 3.47. The fraction of sp³-hybridized carbons (Fsp3) is 0.667. The summed E-state index contributed by atoms with van der Waals surface area (Å²) in [5.74, 6) is 2.25. The van der Waals surface area contributed by atoms with Gasteiger partial charge in [-0.15, -0.1) is 6.42 Å². The molecular weight excluding hydrogens is 88.1 g/mol. The Labute approximate surface area is 44.4 Å². The van der Waals surface area contributed by atoms with Gasteiger partial charge in [-0.05, 0) is 13.3 Å². The van der Waals surface area contributed by atoms with Crippen LogP contribution in [0, 0.1) is 12.3 Å². The van der Waals surface area contributed by atoms with E-state index in [1.807, 2.05) is 6.92 Å². The van der Waals surface area contributed by atoms with Crippen LogP contribution in [-0.4, -0.2) is 10.7 Å². The molecule has 7 heavy (non-hydrogen) atoms. The first-order valence-electron chi connectivity index (χ1n) is 2.32. The minimum Gasteiger partial charge on any atom is -0.378 e. The molecule has 1 atom stereocenters. The van der Waals surface area contributed by atoms with Crippen molar-refractivity contribution in [2.24, 2.45) is 0 Å². The molecule has 0 saturated carbocycles. The molecule has 1 nitrogen and oxygen atoms in total. The Hall–Kier alpha value is -0.480. The quantitative estimate of drug-likeness (QED) is 0.480. The highest BCUT2D eigenvalue weighted by Crippen LogP contribution is 2.03. The van der Waals surface area contributed by atoms with E-state index >= 15 is 0 Å². The van der Waals surface area contributed by atoms with Crippen molar-refractivity contribution >= 4 is 0 Å². The van der Waals surface area contributed by atoms with Gasteiger partial charge in [-0.3, -0.25) is 0 Å². The summed E-state index contributed by atoms with van der Waals surface area (Å²) in [6.07, 6.45) is 5.53. The lowest BCUT2D eigenvalue weighted by atomic mass is 10.1. The first-order chi connectivity index (χ1) is 3.12. The highest BCUT2D eigenvalue weighted by molar-refractivity contribution is 5.03. The van der Waals surface area contributed by atoms with E-state index in [9.17, 15) is 0 Å². The van der Waals surface area contributed by atoms with Crippen molar-refractivity contribution in [2.75, 3.05) is 0 Å². The third kappa shape index (κ3) is 2.24. The molecule has 0 aliphatic heterocycles. The largest absolute Gasteiger partial charge is 0.378 e. The molecule has 0 fully saturated rings. The monoisotopic (exact) mass is 98.1 g/mol. The Morgan fingerprint density at radius 2 is 2.29 bits per heavy atom. The maximum Gasteiger partial charge on any atom is 0.122 e. The van der Waals surface area contributed by atoms with E-state index < -0.39 is 5.60 Å². The van der Waals surface area contributed by atoms with Crippen molar-refractivity contribution < 1.29 is 5.11 Å². The summed E-state index contributed by atoms with van der Waals surface area (Å²) < 4.78 is 0. The first kappa shape index (κ1) is 6.52. The minimum absolute atomic E-state index is 0.615. The van der Waals surface area contributed by atoms with Gasteiger partial charge in [0.05, 0.1) is 0 Å². The minimum atomic E-state index is -0.889. The van der Waals surface area contributed by atoms with Crippen LogP contribution < -0.4 is 0 Å². The molecule has 1 N–H and O–H groups in total. The van der Waals surface area contributed by atoms with Crippen LogP contribution in [-0.2, 0) is 0 Å².